The van der Waals surface area contributed by atoms with Crippen LogP contribution in [0.15, 0.2) is 47.7 Å². The molecule has 0 radical (unpaired) electrons. The van der Waals surface area contributed by atoms with Crippen molar-refractivity contribution in [3.63, 3.8) is 0 Å². The smallest absolute Gasteiger partial charge is 0.410 e. The molecule has 3 N–H and O–H groups in total. The molecule has 34 heavy (non-hydrogen) atoms. The van der Waals surface area contributed by atoms with Crippen molar-refractivity contribution in [3.8, 4) is 0 Å². The average molecular weight is 476 g/mol. The van der Waals surface area contributed by atoms with Gasteiger partial charge in [-0.2, -0.15) is 0 Å². The highest BCUT2D eigenvalue weighted by Gasteiger charge is 2.38. The van der Waals surface area contributed by atoms with Gasteiger partial charge in [0.25, 0.3) is 12.3 Å². The van der Waals surface area contributed by atoms with Gasteiger partial charge in [0.2, 0.25) is 0 Å². The van der Waals surface area contributed by atoms with Crippen molar-refractivity contribution >= 4 is 23.5 Å². The van der Waals surface area contributed by atoms with Crippen LogP contribution >= 0.6 is 0 Å². The molecule has 1 atom stereocenters. The summed E-state index contributed by atoms with van der Waals surface area (Å²) in [6, 6.07) is 5.78. The molecule has 0 spiro atoms. The van der Waals surface area contributed by atoms with E-state index in [-0.39, 0.29) is 35.1 Å². The molecule has 0 fully saturated rings. The lowest BCUT2D eigenvalue weighted by molar-refractivity contribution is 0.102. The van der Waals surface area contributed by atoms with Gasteiger partial charge in [0.1, 0.15) is 28.6 Å². The number of aromatic nitrogens is 3. The van der Waals surface area contributed by atoms with E-state index in [1.165, 1.54) is 19.1 Å². The maximum absolute atomic E-state index is 14.9. The molecular weight excluding hydrogens is 460 g/mol. The Balaban J connectivity index is 1.73. The first-order valence-electron chi connectivity index (χ1n) is 9.74. The van der Waals surface area contributed by atoms with Gasteiger partial charge >= 0.3 is 6.09 Å². The fourth-order valence-electron chi connectivity index (χ4n) is 3.61. The zero-order valence-corrected chi connectivity index (χ0v) is 17.4. The van der Waals surface area contributed by atoms with E-state index in [1.807, 2.05) is 5.32 Å². The normalized spacial score (nSPS) is 17.2. The van der Waals surface area contributed by atoms with E-state index in [4.69, 9.17) is 5.11 Å². The number of halogens is 4. The molecule has 3 heterocycles. The summed E-state index contributed by atoms with van der Waals surface area (Å²) in [5.74, 6) is -2.56. The van der Waals surface area contributed by atoms with Crippen LogP contribution in [-0.2, 0) is 12.1 Å². The number of nitrogens with one attached hydrogen (secondary N) is 2. The van der Waals surface area contributed by atoms with E-state index < -0.39 is 41.3 Å². The van der Waals surface area contributed by atoms with Crippen LogP contribution in [0.1, 0.15) is 40.9 Å². The first-order valence-corrected chi connectivity index (χ1v) is 9.74. The van der Waals surface area contributed by atoms with Crippen LogP contribution in [0, 0.1) is 11.6 Å². The lowest BCUT2D eigenvalue weighted by Gasteiger charge is -2.33. The van der Waals surface area contributed by atoms with Crippen LogP contribution in [0.3, 0.4) is 0 Å². The zero-order chi connectivity index (χ0) is 24.6. The lowest BCUT2D eigenvalue weighted by atomic mass is 9.90. The van der Waals surface area contributed by atoms with E-state index in [0.29, 0.717) is 0 Å². The van der Waals surface area contributed by atoms with E-state index in [2.05, 4.69) is 20.3 Å². The highest BCUT2D eigenvalue weighted by atomic mass is 19.3. The zero-order valence-electron chi connectivity index (χ0n) is 17.4. The highest BCUT2D eigenvalue weighted by Crippen LogP contribution is 2.37. The third kappa shape index (κ3) is 4.31. The summed E-state index contributed by atoms with van der Waals surface area (Å²) >= 11 is 0. The number of nitrogens with zero attached hydrogens (tertiary/aromatic N) is 4. The number of benzene rings is 1. The Morgan fingerprint density at radius 1 is 1.12 bits per heavy atom. The number of imidazole rings is 1. The Morgan fingerprint density at radius 3 is 2.53 bits per heavy atom. The standard InChI is InChI=1S/C21H16F4N6O3/c1-21(9-31-15(16(24)25)8-27-18(31)17(30-21)29-20(33)34)12-6-11(3-4-13(12)23)28-19(32)14-5-2-10(22)7-26-14/h2-8,16H,9H2,1H3,(H,28,32)(H,29,30)(H,33,34). The van der Waals surface area contributed by atoms with Crippen LogP contribution in [-0.4, -0.2) is 37.5 Å². The van der Waals surface area contributed by atoms with Crippen molar-refractivity contribution in [1.29, 1.82) is 0 Å². The van der Waals surface area contributed by atoms with Gasteiger partial charge < -0.3 is 15.0 Å². The Hall–Kier alpha value is -4.29. The SMILES string of the molecule is CC1(c2cc(NC(=O)c3ccc(F)cn3)ccc2F)Cn2c(C(F)F)cnc2C(NC(=O)O)=N1. The number of aliphatic imine (C=N–C) groups is 1. The third-order valence-electron chi connectivity index (χ3n) is 5.14. The summed E-state index contributed by atoms with van der Waals surface area (Å²) in [5, 5.41) is 13.7. The maximum atomic E-state index is 14.9. The Morgan fingerprint density at radius 2 is 1.88 bits per heavy atom. The molecule has 1 aliphatic heterocycles. The van der Waals surface area contributed by atoms with Gasteiger partial charge in [-0.3, -0.25) is 15.1 Å². The van der Waals surface area contributed by atoms with Gasteiger partial charge in [0.15, 0.2) is 11.7 Å². The van der Waals surface area contributed by atoms with Crippen LogP contribution in [0.25, 0.3) is 0 Å². The fourth-order valence-corrected chi connectivity index (χ4v) is 3.61. The summed E-state index contributed by atoms with van der Waals surface area (Å²) in [4.78, 5) is 35.4. The van der Waals surface area contributed by atoms with Gasteiger partial charge in [0.05, 0.1) is 18.9 Å². The van der Waals surface area contributed by atoms with Gasteiger partial charge in [-0.05, 0) is 37.3 Å². The number of hydrogen-bond donors (Lipinski definition) is 3. The first-order chi connectivity index (χ1) is 16.1. The Labute approximate surface area is 189 Å². The van der Waals surface area contributed by atoms with Crippen molar-refractivity contribution in [3.05, 3.63) is 77.1 Å². The second-order valence-corrected chi connectivity index (χ2v) is 7.57. The second kappa shape index (κ2) is 8.57. The molecular formula is C21H16F4N6O3. The number of fused-ring (bicyclic) bond motifs is 1. The van der Waals surface area contributed by atoms with E-state index >= 15 is 0 Å². The predicted molar refractivity (Wildman–Crippen MR) is 111 cm³/mol. The number of rotatable bonds is 4. The topological polar surface area (TPSA) is 122 Å². The summed E-state index contributed by atoms with van der Waals surface area (Å²) < 4.78 is 56.1. The van der Waals surface area contributed by atoms with Gasteiger partial charge in [-0.25, -0.2) is 32.3 Å². The molecule has 0 saturated carbocycles. The average Bonchev–Trinajstić information content (AvgIpc) is 3.19. The first kappa shape index (κ1) is 22.9. The van der Waals surface area contributed by atoms with Crippen molar-refractivity contribution < 1.29 is 32.3 Å². The molecule has 9 nitrogen and oxygen atoms in total. The molecule has 2 aromatic heterocycles. The molecule has 176 valence electrons. The number of pyridine rings is 1. The molecule has 3 aromatic rings. The quantitative estimate of drug-likeness (QED) is 0.496. The molecule has 1 unspecified atom stereocenters. The molecule has 1 aliphatic rings. The molecule has 4 rings (SSSR count). The molecule has 1 aromatic carbocycles. The summed E-state index contributed by atoms with van der Waals surface area (Å²) in [6.45, 7) is 1.15. The number of alkyl halides is 2. The minimum atomic E-state index is -2.92. The Bertz CT molecular complexity index is 1310. The number of carbonyl (C=O) groups is 2. The second-order valence-electron chi connectivity index (χ2n) is 7.57. The number of carbonyl (C=O) groups excluding carboxylic acids is 1. The largest absolute Gasteiger partial charge is 0.465 e. The van der Waals surface area contributed by atoms with Crippen molar-refractivity contribution in [2.75, 3.05) is 5.32 Å². The van der Waals surface area contributed by atoms with Gasteiger partial charge in [0, 0.05) is 11.3 Å². The van der Waals surface area contributed by atoms with Crippen LogP contribution in [0.4, 0.5) is 28.0 Å². The lowest BCUT2D eigenvalue weighted by Crippen LogP contribution is -2.42. The monoisotopic (exact) mass is 476 g/mol. The maximum Gasteiger partial charge on any atom is 0.410 e. The number of amides is 2. The Kier molecular flexibility index (Phi) is 5.77. The summed E-state index contributed by atoms with van der Waals surface area (Å²) in [7, 11) is 0. The van der Waals surface area contributed by atoms with E-state index in [9.17, 15) is 27.2 Å². The number of hydrogen-bond acceptors (Lipinski definition) is 5. The minimum absolute atomic E-state index is 0.0910. The molecule has 0 saturated heterocycles. The number of anilines is 1. The van der Waals surface area contributed by atoms with Crippen molar-refractivity contribution in [2.24, 2.45) is 4.99 Å². The van der Waals surface area contributed by atoms with Gasteiger partial charge in [-0.15, -0.1) is 0 Å². The summed E-state index contributed by atoms with van der Waals surface area (Å²) in [6.07, 6.45) is -2.67. The van der Waals surface area contributed by atoms with Crippen LogP contribution < -0.4 is 10.6 Å². The van der Waals surface area contributed by atoms with Crippen molar-refractivity contribution in [2.45, 2.75) is 25.4 Å². The minimum Gasteiger partial charge on any atom is -0.465 e. The van der Waals surface area contributed by atoms with Gasteiger partial charge in [-0.1, -0.05) is 0 Å². The molecule has 2 amide bonds. The van der Waals surface area contributed by atoms with E-state index in [0.717, 1.165) is 35.2 Å². The number of carboxylic acid groups (broad SMARTS) is 1. The summed E-state index contributed by atoms with van der Waals surface area (Å²) in [5.41, 5.74) is -2.10. The third-order valence-corrected chi connectivity index (χ3v) is 5.14. The highest BCUT2D eigenvalue weighted by molar-refractivity contribution is 6.05. The predicted octanol–water partition coefficient (Wildman–Crippen LogP) is 3.69. The van der Waals surface area contributed by atoms with Crippen LogP contribution in [0.5, 0.6) is 0 Å². The number of amidine groups is 1. The molecule has 13 heteroatoms. The van der Waals surface area contributed by atoms with Crippen molar-refractivity contribution in [1.82, 2.24) is 19.9 Å². The molecule has 0 aliphatic carbocycles. The van der Waals surface area contributed by atoms with E-state index in [1.54, 1.807) is 0 Å². The molecule has 0 bridgehead atoms. The fraction of sp³-hybridized carbons (Fsp3) is 0.190. The van der Waals surface area contributed by atoms with Crippen LogP contribution in [0.2, 0.25) is 0 Å².